The van der Waals surface area contributed by atoms with Crippen LogP contribution in [0.2, 0.25) is 0 Å². The third-order valence-corrected chi connectivity index (χ3v) is 20.0. The number of fused-ring (bicyclic) bond motifs is 3. The number of hydrogen-bond acceptors (Lipinski definition) is 18. The number of benzene rings is 6. The summed E-state index contributed by atoms with van der Waals surface area (Å²) in [6.07, 6.45) is 37.7. The van der Waals surface area contributed by atoms with Crippen LogP contribution in [0.1, 0.15) is 185 Å². The lowest BCUT2D eigenvalue weighted by molar-refractivity contribution is 0.0582. The molecule has 0 saturated heterocycles. The van der Waals surface area contributed by atoms with Crippen LogP contribution >= 0.6 is 0 Å². The zero-order chi connectivity index (χ0) is 72.2. The van der Waals surface area contributed by atoms with Gasteiger partial charge in [0.1, 0.15) is 12.2 Å². The number of nitrogens with zero attached hydrogens (tertiary/aromatic N) is 10. The molecule has 20 nitrogen and oxygen atoms in total. The summed E-state index contributed by atoms with van der Waals surface area (Å²) in [7, 11) is 0. The number of aromatic nitrogens is 4. The lowest BCUT2D eigenvalue weighted by atomic mass is 9.75. The van der Waals surface area contributed by atoms with Crippen molar-refractivity contribution in [1.29, 1.82) is 0 Å². The lowest BCUT2D eigenvalue weighted by Crippen LogP contribution is -2.42. The van der Waals surface area contributed by atoms with Gasteiger partial charge in [-0.3, -0.25) is 0 Å². The third kappa shape index (κ3) is 24.1. The number of allylic oxidation sites excluding steroid dienone is 3. The number of rotatable bonds is 14. The van der Waals surface area contributed by atoms with Crippen molar-refractivity contribution in [2.45, 2.75) is 186 Å². The number of amides is 2. The van der Waals surface area contributed by atoms with E-state index in [1.807, 2.05) is 128 Å². The number of alkyl carbamates (subject to hydrolysis) is 2. The maximum Gasteiger partial charge on any atom is 0.407 e. The number of nitrogens with one attached hydrogen (secondary N) is 2. The van der Waals surface area contributed by atoms with Crippen LogP contribution in [-0.2, 0) is 48.7 Å². The average molecular weight is 1400 g/mol. The molecule has 2 amide bonds. The Bertz CT molecular complexity index is 3980. The highest BCUT2D eigenvalue weighted by Crippen LogP contribution is 2.36. The SMILES string of the molecule is NCc1ccc(-c2nncnn2)cc1.NCc1ccc(C2=NN=CC3CCCCCC(OC(=O)NCc4ccccc4)C23)cc1.NCc1ccc(C2=NN=CC3CCCCCC=C23)cc1.NCc1ccc(C2=NN=CC3CCCCCCC23)cc1.O=C(NCc1ccccc1)OC1/C=C/CCCCC1. The van der Waals surface area contributed by atoms with Crippen LogP contribution in [0.25, 0.3) is 11.4 Å². The third-order valence-electron chi connectivity index (χ3n) is 20.0. The molecule has 20 heteroatoms. The van der Waals surface area contributed by atoms with Crippen LogP contribution in [-0.4, -0.2) is 80.6 Å². The molecule has 0 bridgehead atoms. The molecule has 1 aromatic heterocycles. The number of ether oxygens (including phenoxy) is 2. The number of carbonyl (C=O) groups excluding carboxylic acids is 2. The fourth-order valence-corrected chi connectivity index (χ4v) is 14.1. The van der Waals surface area contributed by atoms with Gasteiger partial charge in [-0.25, -0.2) is 9.59 Å². The van der Waals surface area contributed by atoms with E-state index in [2.05, 4.69) is 129 Å². The largest absolute Gasteiger partial charge is 0.446 e. The Morgan fingerprint density at radius 3 is 1.50 bits per heavy atom. The van der Waals surface area contributed by atoms with Crippen LogP contribution in [0.15, 0.2) is 218 Å². The fraction of sp³-hybridized carbons (Fsp3) is 0.405. The highest BCUT2D eigenvalue weighted by atomic mass is 16.6. The Kier molecular flexibility index (Phi) is 31.5. The molecule has 104 heavy (non-hydrogen) atoms. The van der Waals surface area contributed by atoms with E-state index in [0.717, 1.165) is 114 Å². The predicted molar refractivity (Wildman–Crippen MR) is 418 cm³/mol. The molecular weight excluding hydrogens is 1300 g/mol. The van der Waals surface area contributed by atoms with Gasteiger partial charge in [-0.15, -0.1) is 20.4 Å². The normalized spacial score (nSPS) is 21.4. The van der Waals surface area contributed by atoms with Gasteiger partial charge in [0.15, 0.2) is 6.33 Å². The van der Waals surface area contributed by atoms with Gasteiger partial charge in [0.25, 0.3) is 0 Å². The van der Waals surface area contributed by atoms with Gasteiger partial charge < -0.3 is 43.0 Å². The molecule has 7 unspecified atom stereocenters. The summed E-state index contributed by atoms with van der Waals surface area (Å²) >= 11 is 0. The van der Waals surface area contributed by atoms with Gasteiger partial charge in [0, 0.05) is 98.6 Å². The minimum Gasteiger partial charge on any atom is -0.446 e. The summed E-state index contributed by atoms with van der Waals surface area (Å²) < 4.78 is 11.4. The zero-order valence-corrected chi connectivity index (χ0v) is 60.1. The summed E-state index contributed by atoms with van der Waals surface area (Å²) in [5.74, 6) is 2.32. The van der Waals surface area contributed by atoms with Crippen LogP contribution in [0, 0.1) is 29.6 Å². The smallest absolute Gasteiger partial charge is 0.407 e. The molecule has 4 heterocycles. The van der Waals surface area contributed by atoms with E-state index < -0.39 is 0 Å². The summed E-state index contributed by atoms with van der Waals surface area (Å²) in [6.45, 7) is 3.17. The van der Waals surface area contributed by atoms with E-state index in [1.165, 1.54) is 106 Å². The maximum absolute atomic E-state index is 12.7. The van der Waals surface area contributed by atoms with Gasteiger partial charge in [-0.05, 0) is 133 Å². The molecule has 10 N–H and O–H groups in total. The van der Waals surface area contributed by atoms with Crippen LogP contribution in [0.4, 0.5) is 9.59 Å². The molecule has 14 rings (SSSR count). The molecule has 0 radical (unpaired) electrons. The zero-order valence-electron chi connectivity index (χ0n) is 60.1. The van der Waals surface area contributed by atoms with Crippen LogP contribution < -0.4 is 33.6 Å². The molecule has 6 aromatic carbocycles. The number of carbonyl (C=O) groups is 2. The van der Waals surface area contributed by atoms with Crippen molar-refractivity contribution in [3.63, 3.8) is 0 Å². The summed E-state index contributed by atoms with van der Waals surface area (Å²) in [4.78, 5) is 24.4. The first-order valence-corrected chi connectivity index (χ1v) is 37.6. The molecule has 7 atom stereocenters. The monoisotopic (exact) mass is 1400 g/mol. The van der Waals surface area contributed by atoms with Crippen LogP contribution in [0.5, 0.6) is 0 Å². The molecule has 544 valence electrons. The van der Waals surface area contributed by atoms with Crippen molar-refractivity contribution in [2.24, 2.45) is 83.1 Å². The molecule has 3 aliphatic heterocycles. The van der Waals surface area contributed by atoms with Gasteiger partial charge in [-0.1, -0.05) is 228 Å². The van der Waals surface area contributed by atoms with Crippen molar-refractivity contribution in [3.8, 4) is 11.4 Å². The Hall–Kier alpha value is -9.86. The van der Waals surface area contributed by atoms with E-state index in [0.29, 0.717) is 62.8 Å². The molecule has 0 spiro atoms. The topological polar surface area (TPSA) is 306 Å². The fourth-order valence-electron chi connectivity index (χ4n) is 14.1. The maximum atomic E-state index is 12.7. The van der Waals surface area contributed by atoms with Crippen molar-refractivity contribution in [2.75, 3.05) is 0 Å². The van der Waals surface area contributed by atoms with E-state index in [4.69, 9.17) is 32.4 Å². The summed E-state index contributed by atoms with van der Waals surface area (Å²) in [5, 5.41) is 46.9. The number of hydrogen-bond donors (Lipinski definition) is 6. The van der Waals surface area contributed by atoms with Crippen molar-refractivity contribution < 1.29 is 19.1 Å². The Labute approximate surface area is 613 Å². The Morgan fingerprint density at radius 1 is 0.423 bits per heavy atom. The number of nitrogens with two attached hydrogens (primary N) is 4. The predicted octanol–water partition coefficient (Wildman–Crippen LogP) is 15.6. The minimum atomic E-state index is -0.381. The van der Waals surface area contributed by atoms with Crippen LogP contribution in [0.3, 0.4) is 0 Å². The highest BCUT2D eigenvalue weighted by Gasteiger charge is 2.39. The molecule has 7 aromatic rings. The van der Waals surface area contributed by atoms with E-state index in [9.17, 15) is 9.59 Å². The summed E-state index contributed by atoms with van der Waals surface area (Å²) in [6, 6.07) is 52.4. The van der Waals surface area contributed by atoms with Gasteiger partial charge in [-0.2, -0.15) is 30.6 Å². The van der Waals surface area contributed by atoms with E-state index >= 15 is 0 Å². The first-order chi connectivity index (χ1) is 51.2. The van der Waals surface area contributed by atoms with E-state index in [1.54, 1.807) is 0 Å². The molecule has 4 aliphatic carbocycles. The van der Waals surface area contributed by atoms with Gasteiger partial charge >= 0.3 is 12.2 Å². The second kappa shape index (κ2) is 42.7. The van der Waals surface area contributed by atoms with Gasteiger partial charge in [0.05, 0.1) is 17.1 Å². The Balaban J connectivity index is 0.000000143. The van der Waals surface area contributed by atoms with Crippen molar-refractivity contribution >= 4 is 48.0 Å². The molecule has 2 fully saturated rings. The lowest BCUT2D eigenvalue weighted by Gasteiger charge is -2.35. The Morgan fingerprint density at radius 2 is 0.894 bits per heavy atom. The minimum absolute atomic E-state index is 0.00371. The first kappa shape index (κ1) is 76.8. The average Bonchev–Trinajstić information content (AvgIpc) is 0.777. The van der Waals surface area contributed by atoms with Crippen molar-refractivity contribution in [1.82, 2.24) is 31.0 Å². The second-order valence-electron chi connectivity index (χ2n) is 27.3. The molecule has 2 saturated carbocycles. The standard InChI is InChI=1S/C25H30N4O2.C17H23N3.C17H21N3.C16H21NO2.C9H9N5/c26-15-18-11-13-20(14-12-18)24-23-21(17-28-29-24)9-5-2-6-10-22(23)31-25(30)27-16-19-7-3-1-4-8-19;2*18-11-13-7-9-14(10-8-13)17-16-6-4-2-1-3-5-15(16)12-19-20-17;18-16(17-13-14-9-5-4-6-10-14)19-15-11-7-2-1-3-8-12-15;10-5-7-1-3-8(4-2-7)9-13-11-6-12-14-9/h1,3-4,7-8,11-14,17,21-23H,2,5-6,9-10,15-16,26H2,(H,27,30);7-10,12,15-16H,1-6,11,18H2;6-10,12,15H,1-5,11,18H2;4-7,9-11,15H,1-3,8,12-13H2,(H,17,18);1-4,6H,5,10H2/b;;;11-7+;. The summed E-state index contributed by atoms with van der Waals surface area (Å²) in [5.41, 5.74) is 37.9. The molecular formula is C84H104N16O4. The second-order valence-corrected chi connectivity index (χ2v) is 27.3. The van der Waals surface area contributed by atoms with Crippen molar-refractivity contribution in [3.05, 3.63) is 238 Å². The quantitative estimate of drug-likeness (QED) is 0.0554. The van der Waals surface area contributed by atoms with E-state index in [-0.39, 0.29) is 36.2 Å². The first-order valence-electron chi connectivity index (χ1n) is 37.6. The van der Waals surface area contributed by atoms with Gasteiger partial charge in [0.2, 0.25) is 5.82 Å². The molecule has 7 aliphatic rings. The highest BCUT2D eigenvalue weighted by molar-refractivity contribution is 6.15.